The van der Waals surface area contributed by atoms with Gasteiger partial charge < -0.3 is 14.9 Å². The van der Waals surface area contributed by atoms with Gasteiger partial charge in [0.25, 0.3) is 0 Å². The van der Waals surface area contributed by atoms with Crippen molar-refractivity contribution in [3.05, 3.63) is 48.0 Å². The Morgan fingerprint density at radius 3 is 2.39 bits per heavy atom. The summed E-state index contributed by atoms with van der Waals surface area (Å²) in [6, 6.07) is 10.4. The molecule has 2 fully saturated rings. The molecule has 0 saturated carbocycles. The zero-order valence-electron chi connectivity index (χ0n) is 16.4. The molecule has 1 aliphatic carbocycles. The number of hydrogen-bond donors (Lipinski definition) is 1. The van der Waals surface area contributed by atoms with Crippen LogP contribution in [0.5, 0.6) is 0 Å². The highest BCUT2D eigenvalue weighted by atomic mass is 16.4. The minimum atomic E-state index is -0.679. The van der Waals surface area contributed by atoms with E-state index >= 15 is 0 Å². The SMILES string of the molecule is O=C(O)C1CN(CCc2ccccc2)CC12CCN(C(=O)C1CC=CC1)CC2. The topological polar surface area (TPSA) is 60.9 Å². The number of nitrogens with zero attached hydrogens (tertiary/aromatic N) is 2. The molecule has 150 valence electrons. The van der Waals surface area contributed by atoms with Crippen LogP contribution in [0.1, 0.15) is 31.2 Å². The van der Waals surface area contributed by atoms with Crippen molar-refractivity contribution in [2.75, 3.05) is 32.7 Å². The molecule has 3 aliphatic rings. The number of carboxylic acids is 1. The fraction of sp³-hybridized carbons (Fsp3) is 0.565. The highest BCUT2D eigenvalue weighted by Gasteiger charge is 2.51. The van der Waals surface area contributed by atoms with Gasteiger partial charge in [0, 0.05) is 44.1 Å². The number of hydrogen-bond acceptors (Lipinski definition) is 3. The van der Waals surface area contributed by atoms with Gasteiger partial charge in [-0.2, -0.15) is 0 Å². The van der Waals surface area contributed by atoms with Gasteiger partial charge in [-0.3, -0.25) is 9.59 Å². The molecule has 0 radical (unpaired) electrons. The summed E-state index contributed by atoms with van der Waals surface area (Å²) in [5.74, 6) is -0.642. The Labute approximate surface area is 167 Å². The Kier molecular flexibility index (Phi) is 5.54. The maximum absolute atomic E-state index is 12.7. The van der Waals surface area contributed by atoms with Crippen molar-refractivity contribution in [3.63, 3.8) is 0 Å². The van der Waals surface area contributed by atoms with Crippen molar-refractivity contribution in [1.29, 1.82) is 0 Å². The summed E-state index contributed by atoms with van der Waals surface area (Å²) in [7, 11) is 0. The summed E-state index contributed by atoms with van der Waals surface area (Å²) in [6.45, 7) is 3.76. The van der Waals surface area contributed by atoms with Crippen LogP contribution < -0.4 is 0 Å². The monoisotopic (exact) mass is 382 g/mol. The van der Waals surface area contributed by atoms with Crippen molar-refractivity contribution in [2.24, 2.45) is 17.3 Å². The van der Waals surface area contributed by atoms with Crippen LogP contribution >= 0.6 is 0 Å². The molecule has 28 heavy (non-hydrogen) atoms. The lowest BCUT2D eigenvalue weighted by Gasteiger charge is -2.42. The Bertz CT molecular complexity index is 729. The Morgan fingerprint density at radius 1 is 1.07 bits per heavy atom. The predicted octanol–water partition coefficient (Wildman–Crippen LogP) is 2.82. The Balaban J connectivity index is 1.37. The molecule has 1 amide bonds. The van der Waals surface area contributed by atoms with E-state index in [2.05, 4.69) is 29.2 Å². The van der Waals surface area contributed by atoms with E-state index in [4.69, 9.17) is 0 Å². The number of allylic oxidation sites excluding steroid dienone is 2. The fourth-order valence-electron chi connectivity index (χ4n) is 5.27. The number of likely N-dealkylation sites (tertiary alicyclic amines) is 2. The number of carboxylic acid groups (broad SMARTS) is 1. The van der Waals surface area contributed by atoms with Gasteiger partial charge in [-0.1, -0.05) is 42.5 Å². The predicted molar refractivity (Wildman–Crippen MR) is 108 cm³/mol. The minimum Gasteiger partial charge on any atom is -0.481 e. The van der Waals surface area contributed by atoms with Crippen molar-refractivity contribution < 1.29 is 14.7 Å². The molecular weight excluding hydrogens is 352 g/mol. The Morgan fingerprint density at radius 2 is 1.75 bits per heavy atom. The Hall–Kier alpha value is -2.14. The quantitative estimate of drug-likeness (QED) is 0.796. The van der Waals surface area contributed by atoms with Gasteiger partial charge in [0.2, 0.25) is 5.91 Å². The number of carbonyl (C=O) groups is 2. The van der Waals surface area contributed by atoms with Crippen LogP contribution in [-0.2, 0) is 16.0 Å². The van der Waals surface area contributed by atoms with Gasteiger partial charge in [0.1, 0.15) is 0 Å². The standard InChI is InChI=1S/C23H30N2O3/c26-21(19-8-4-5-9-19)25-14-11-23(12-15-25)17-24(16-20(23)22(27)28)13-10-18-6-2-1-3-7-18/h1-7,19-20H,8-17H2,(H,27,28). The molecule has 1 atom stereocenters. The molecule has 1 N–H and O–H groups in total. The summed E-state index contributed by atoms with van der Waals surface area (Å²) >= 11 is 0. The molecule has 1 unspecified atom stereocenters. The van der Waals surface area contributed by atoms with Crippen molar-refractivity contribution in [2.45, 2.75) is 32.1 Å². The molecule has 5 nitrogen and oxygen atoms in total. The van der Waals surface area contributed by atoms with Gasteiger partial charge in [-0.25, -0.2) is 0 Å². The molecule has 2 saturated heterocycles. The highest BCUT2D eigenvalue weighted by molar-refractivity contribution is 5.80. The zero-order chi connectivity index (χ0) is 19.6. The van der Waals surface area contributed by atoms with E-state index in [1.165, 1.54) is 5.56 Å². The van der Waals surface area contributed by atoms with E-state index in [0.717, 1.165) is 45.2 Å². The molecule has 1 aromatic carbocycles. The first-order valence-electron chi connectivity index (χ1n) is 10.5. The first kappa shape index (κ1) is 19.2. The van der Waals surface area contributed by atoms with Crippen LogP contribution in [0.3, 0.4) is 0 Å². The van der Waals surface area contributed by atoms with Gasteiger partial charge >= 0.3 is 5.97 Å². The van der Waals surface area contributed by atoms with Gasteiger partial charge in [-0.15, -0.1) is 0 Å². The van der Waals surface area contributed by atoms with Crippen LogP contribution in [0.15, 0.2) is 42.5 Å². The first-order valence-corrected chi connectivity index (χ1v) is 10.5. The van der Waals surface area contributed by atoms with Gasteiger partial charge in [0.05, 0.1) is 5.92 Å². The highest BCUT2D eigenvalue weighted by Crippen LogP contribution is 2.45. The maximum Gasteiger partial charge on any atom is 0.308 e. The van der Waals surface area contributed by atoms with Gasteiger partial charge in [0.15, 0.2) is 0 Å². The molecule has 4 rings (SSSR count). The van der Waals surface area contributed by atoms with E-state index in [1.807, 2.05) is 23.1 Å². The normalized spacial score (nSPS) is 24.9. The summed E-state index contributed by atoms with van der Waals surface area (Å²) in [6.07, 6.45) is 8.45. The largest absolute Gasteiger partial charge is 0.481 e. The fourth-order valence-corrected chi connectivity index (χ4v) is 5.27. The van der Waals surface area contributed by atoms with E-state index < -0.39 is 5.97 Å². The number of aliphatic carboxylic acids is 1. The molecule has 0 bridgehead atoms. The smallest absolute Gasteiger partial charge is 0.308 e. The number of rotatable bonds is 5. The number of piperidine rings is 1. The average molecular weight is 383 g/mol. The summed E-state index contributed by atoms with van der Waals surface area (Å²) in [5, 5.41) is 9.87. The van der Waals surface area contributed by atoms with Crippen molar-refractivity contribution >= 4 is 11.9 Å². The van der Waals surface area contributed by atoms with Crippen LogP contribution in [0.4, 0.5) is 0 Å². The maximum atomic E-state index is 12.7. The van der Waals surface area contributed by atoms with E-state index in [0.29, 0.717) is 19.6 Å². The zero-order valence-corrected chi connectivity index (χ0v) is 16.4. The third-order valence-corrected chi connectivity index (χ3v) is 7.00. The lowest BCUT2D eigenvalue weighted by atomic mass is 9.70. The number of amides is 1. The average Bonchev–Trinajstić information content (AvgIpc) is 3.36. The number of benzene rings is 1. The second-order valence-electron chi connectivity index (χ2n) is 8.69. The van der Waals surface area contributed by atoms with Gasteiger partial charge in [-0.05, 0) is 37.7 Å². The number of carbonyl (C=O) groups excluding carboxylic acids is 1. The molecular formula is C23H30N2O3. The minimum absolute atomic E-state index is 0.107. The second-order valence-corrected chi connectivity index (χ2v) is 8.69. The molecule has 1 aromatic rings. The summed E-state index contributed by atoms with van der Waals surface area (Å²) in [4.78, 5) is 29.0. The summed E-state index contributed by atoms with van der Waals surface area (Å²) < 4.78 is 0. The molecule has 2 aliphatic heterocycles. The van der Waals surface area contributed by atoms with Crippen molar-refractivity contribution in [3.8, 4) is 0 Å². The third kappa shape index (κ3) is 3.86. The van der Waals surface area contributed by atoms with Crippen LogP contribution in [0, 0.1) is 17.3 Å². The molecule has 0 aromatic heterocycles. The third-order valence-electron chi connectivity index (χ3n) is 7.00. The van der Waals surface area contributed by atoms with Crippen LogP contribution in [0.25, 0.3) is 0 Å². The molecule has 5 heteroatoms. The van der Waals surface area contributed by atoms with E-state index in [1.54, 1.807) is 0 Å². The molecule has 1 spiro atoms. The lowest BCUT2D eigenvalue weighted by molar-refractivity contribution is -0.147. The van der Waals surface area contributed by atoms with Crippen molar-refractivity contribution in [1.82, 2.24) is 9.80 Å². The second kappa shape index (κ2) is 8.08. The summed E-state index contributed by atoms with van der Waals surface area (Å²) in [5.41, 5.74) is 1.11. The first-order chi connectivity index (χ1) is 13.6. The lowest BCUT2D eigenvalue weighted by Crippen LogP contribution is -2.49. The van der Waals surface area contributed by atoms with Crippen LogP contribution in [-0.4, -0.2) is 59.5 Å². The van der Waals surface area contributed by atoms with E-state index in [9.17, 15) is 14.7 Å². The van der Waals surface area contributed by atoms with E-state index in [-0.39, 0.29) is 23.2 Å². The molecule has 2 heterocycles. The van der Waals surface area contributed by atoms with Crippen LogP contribution in [0.2, 0.25) is 0 Å².